The smallest absolute Gasteiger partial charge is 0.265 e. The van der Waals surface area contributed by atoms with Crippen LogP contribution in [0, 0.1) is 0 Å². The molecule has 0 aliphatic carbocycles. The second-order valence-electron chi connectivity index (χ2n) is 3.51. The molecule has 9 heteroatoms. The first-order valence-corrected chi connectivity index (χ1v) is 8.01. The molecule has 3 N–H and O–H groups in total. The molecule has 0 amide bonds. The molecule has 19 heavy (non-hydrogen) atoms. The van der Waals surface area contributed by atoms with E-state index in [4.69, 9.17) is 5.73 Å². The summed E-state index contributed by atoms with van der Waals surface area (Å²) >= 11 is 6.54. The van der Waals surface area contributed by atoms with Crippen molar-refractivity contribution >= 4 is 53.5 Å². The van der Waals surface area contributed by atoms with Crippen LogP contribution in [0.4, 0.5) is 11.6 Å². The lowest BCUT2D eigenvalue weighted by Gasteiger charge is -2.09. The molecule has 0 saturated carbocycles. The minimum Gasteiger partial charge on any atom is -0.368 e. The SMILES string of the molecule is Nc1ncc(S(=O)(=O)Nc2cc(Br)ccc2Br)cn1. The molecule has 0 saturated heterocycles. The number of hydrogen-bond donors (Lipinski definition) is 2. The minimum atomic E-state index is -3.75. The molecule has 0 aliphatic heterocycles. The summed E-state index contributed by atoms with van der Waals surface area (Å²) < 4.78 is 28.0. The van der Waals surface area contributed by atoms with Gasteiger partial charge in [0, 0.05) is 8.95 Å². The Balaban J connectivity index is 2.36. The third-order valence-corrected chi connectivity index (χ3v) is 4.64. The van der Waals surface area contributed by atoms with Crippen molar-refractivity contribution in [3.05, 3.63) is 39.5 Å². The molecule has 0 atom stereocenters. The molecule has 6 nitrogen and oxygen atoms in total. The van der Waals surface area contributed by atoms with Gasteiger partial charge in [0.25, 0.3) is 10.0 Å². The second kappa shape index (κ2) is 5.43. The summed E-state index contributed by atoms with van der Waals surface area (Å²) in [5.74, 6) is 0.0163. The van der Waals surface area contributed by atoms with E-state index in [2.05, 4.69) is 46.5 Å². The molecule has 2 rings (SSSR count). The summed E-state index contributed by atoms with van der Waals surface area (Å²) in [5.41, 5.74) is 5.72. The van der Waals surface area contributed by atoms with Gasteiger partial charge in [0.15, 0.2) is 0 Å². The van der Waals surface area contributed by atoms with E-state index in [1.54, 1.807) is 18.2 Å². The largest absolute Gasteiger partial charge is 0.368 e. The highest BCUT2D eigenvalue weighted by Crippen LogP contribution is 2.28. The molecule has 1 aromatic heterocycles. The fourth-order valence-corrected chi connectivity index (χ4v) is 3.04. The number of nitrogens with one attached hydrogen (secondary N) is 1. The molecule has 2 aromatic rings. The number of halogens is 2. The molecule has 0 bridgehead atoms. The van der Waals surface area contributed by atoms with E-state index in [1.165, 1.54) is 0 Å². The number of anilines is 2. The highest BCUT2D eigenvalue weighted by molar-refractivity contribution is 9.11. The first-order valence-electron chi connectivity index (χ1n) is 4.94. The molecule has 0 aliphatic rings. The van der Waals surface area contributed by atoms with E-state index in [1.807, 2.05) is 0 Å². The van der Waals surface area contributed by atoms with Gasteiger partial charge in [0.05, 0.1) is 18.1 Å². The predicted molar refractivity (Wildman–Crippen MR) is 79.1 cm³/mol. The van der Waals surface area contributed by atoms with E-state index in [0.717, 1.165) is 16.9 Å². The van der Waals surface area contributed by atoms with Crippen molar-refractivity contribution in [3.8, 4) is 0 Å². The van der Waals surface area contributed by atoms with Crippen LogP contribution in [0.3, 0.4) is 0 Å². The van der Waals surface area contributed by atoms with Gasteiger partial charge < -0.3 is 5.73 Å². The third kappa shape index (κ3) is 3.43. The zero-order chi connectivity index (χ0) is 14.0. The van der Waals surface area contributed by atoms with Crippen molar-refractivity contribution in [2.75, 3.05) is 10.5 Å². The van der Waals surface area contributed by atoms with Gasteiger partial charge in [0.1, 0.15) is 4.90 Å². The fraction of sp³-hybridized carbons (Fsp3) is 0. The van der Waals surface area contributed by atoms with Gasteiger partial charge in [-0.1, -0.05) is 15.9 Å². The van der Waals surface area contributed by atoms with E-state index in [9.17, 15) is 8.42 Å². The van der Waals surface area contributed by atoms with Gasteiger partial charge in [-0.05, 0) is 34.1 Å². The van der Waals surface area contributed by atoms with Crippen LogP contribution >= 0.6 is 31.9 Å². The molecular formula is C10H8Br2N4O2S. The van der Waals surface area contributed by atoms with E-state index in [-0.39, 0.29) is 10.8 Å². The summed E-state index contributed by atoms with van der Waals surface area (Å²) in [6.07, 6.45) is 2.30. The Labute approximate surface area is 126 Å². The monoisotopic (exact) mass is 406 g/mol. The standard InChI is InChI=1S/C10H8Br2N4O2S/c11-6-1-2-8(12)9(3-6)16-19(17,18)7-4-14-10(13)15-5-7/h1-5,16H,(H2,13,14,15). The first kappa shape index (κ1) is 14.2. The quantitative estimate of drug-likeness (QED) is 0.813. The van der Waals surface area contributed by atoms with Gasteiger partial charge in [-0.2, -0.15) is 0 Å². The Bertz CT molecular complexity index is 704. The Morgan fingerprint density at radius 1 is 1.16 bits per heavy atom. The number of nitrogens with two attached hydrogens (primary N) is 1. The molecule has 1 aromatic carbocycles. The summed E-state index contributed by atoms with van der Waals surface area (Å²) in [5, 5.41) is 0. The van der Waals surface area contributed by atoms with Gasteiger partial charge >= 0.3 is 0 Å². The van der Waals surface area contributed by atoms with Gasteiger partial charge in [-0.15, -0.1) is 0 Å². The zero-order valence-corrected chi connectivity index (χ0v) is 13.3. The van der Waals surface area contributed by atoms with Crippen molar-refractivity contribution < 1.29 is 8.42 Å². The van der Waals surface area contributed by atoms with E-state index >= 15 is 0 Å². The second-order valence-corrected chi connectivity index (χ2v) is 6.96. The Kier molecular flexibility index (Phi) is 4.07. The van der Waals surface area contributed by atoms with Crippen LogP contribution < -0.4 is 10.5 Å². The number of nitrogen functional groups attached to an aromatic ring is 1. The average Bonchev–Trinajstić information content (AvgIpc) is 2.34. The van der Waals surface area contributed by atoms with Crippen molar-refractivity contribution in [2.24, 2.45) is 0 Å². The number of aromatic nitrogens is 2. The third-order valence-electron chi connectivity index (χ3n) is 2.13. The maximum atomic E-state index is 12.1. The Hall–Kier alpha value is -1.19. The predicted octanol–water partition coefficient (Wildman–Crippen LogP) is 2.38. The van der Waals surface area contributed by atoms with Crippen LogP contribution in [0.2, 0.25) is 0 Å². The van der Waals surface area contributed by atoms with Crippen molar-refractivity contribution in [3.63, 3.8) is 0 Å². The molecule has 1 heterocycles. The van der Waals surface area contributed by atoms with Crippen molar-refractivity contribution in [2.45, 2.75) is 4.90 Å². The molecule has 0 radical (unpaired) electrons. The minimum absolute atomic E-state index is 0.0163. The number of benzene rings is 1. The highest BCUT2D eigenvalue weighted by Gasteiger charge is 2.16. The summed E-state index contributed by atoms with van der Waals surface area (Å²) in [4.78, 5) is 7.25. The van der Waals surface area contributed by atoms with E-state index in [0.29, 0.717) is 10.2 Å². The van der Waals surface area contributed by atoms with Crippen LogP contribution in [0.1, 0.15) is 0 Å². The summed E-state index contributed by atoms with van der Waals surface area (Å²) in [6, 6.07) is 5.15. The van der Waals surface area contributed by atoms with Gasteiger partial charge in [0.2, 0.25) is 5.95 Å². The lowest BCUT2D eigenvalue weighted by atomic mass is 10.3. The summed E-state index contributed by atoms with van der Waals surface area (Å²) in [7, 11) is -3.75. The maximum Gasteiger partial charge on any atom is 0.265 e. The Morgan fingerprint density at radius 2 is 1.79 bits per heavy atom. The molecule has 0 unspecified atom stereocenters. The highest BCUT2D eigenvalue weighted by atomic mass is 79.9. The number of sulfonamides is 1. The normalized spacial score (nSPS) is 11.3. The molecule has 0 spiro atoms. The lowest BCUT2D eigenvalue weighted by molar-refractivity contribution is 0.600. The van der Waals surface area contributed by atoms with E-state index < -0.39 is 10.0 Å². The topological polar surface area (TPSA) is 98.0 Å². The zero-order valence-electron chi connectivity index (χ0n) is 9.34. The number of nitrogens with zero attached hydrogens (tertiary/aromatic N) is 2. The number of rotatable bonds is 3. The summed E-state index contributed by atoms with van der Waals surface area (Å²) in [6.45, 7) is 0. The van der Waals surface area contributed by atoms with Gasteiger partial charge in [-0.25, -0.2) is 18.4 Å². The average molecular weight is 408 g/mol. The van der Waals surface area contributed by atoms with Gasteiger partial charge in [-0.3, -0.25) is 4.72 Å². The molecular weight excluding hydrogens is 400 g/mol. The fourth-order valence-electron chi connectivity index (χ4n) is 1.24. The lowest BCUT2D eigenvalue weighted by Crippen LogP contribution is -2.14. The van der Waals surface area contributed by atoms with Crippen molar-refractivity contribution in [1.82, 2.24) is 9.97 Å². The molecule has 0 fully saturated rings. The Morgan fingerprint density at radius 3 is 2.42 bits per heavy atom. The van der Waals surface area contributed by atoms with Crippen LogP contribution in [0.15, 0.2) is 44.4 Å². The van der Waals surface area contributed by atoms with Crippen molar-refractivity contribution in [1.29, 1.82) is 0 Å². The van der Waals surface area contributed by atoms with Crippen LogP contribution in [-0.4, -0.2) is 18.4 Å². The maximum absolute atomic E-state index is 12.1. The number of hydrogen-bond acceptors (Lipinski definition) is 5. The molecule has 100 valence electrons. The van der Waals surface area contributed by atoms with Crippen LogP contribution in [0.25, 0.3) is 0 Å². The van der Waals surface area contributed by atoms with Crippen LogP contribution in [0.5, 0.6) is 0 Å². The van der Waals surface area contributed by atoms with Crippen LogP contribution in [-0.2, 0) is 10.0 Å². The first-order chi connectivity index (χ1) is 8.88.